The molecule has 0 bridgehead atoms. The third kappa shape index (κ3) is 2.32. The number of fused-ring (bicyclic) bond motifs is 3. The molecular formula is C17H11ClN6. The van der Waals surface area contributed by atoms with E-state index in [1.807, 2.05) is 60.8 Å². The number of rotatable bonds is 2. The monoisotopic (exact) mass is 334 g/mol. The highest BCUT2D eigenvalue weighted by molar-refractivity contribution is 6.32. The van der Waals surface area contributed by atoms with E-state index in [1.54, 1.807) is 9.08 Å². The molecule has 0 saturated heterocycles. The van der Waals surface area contributed by atoms with E-state index in [-0.39, 0.29) is 5.15 Å². The van der Waals surface area contributed by atoms with Gasteiger partial charge in [0.25, 0.3) is 0 Å². The van der Waals surface area contributed by atoms with Gasteiger partial charge in [-0.1, -0.05) is 54.1 Å². The van der Waals surface area contributed by atoms with E-state index < -0.39 is 0 Å². The first kappa shape index (κ1) is 14.4. The maximum absolute atomic E-state index is 9.11. The third-order valence-electron chi connectivity index (χ3n) is 3.71. The number of nitrogens with zero attached hydrogens (tertiary/aromatic N) is 6. The smallest absolute Gasteiger partial charge is 0.244 e. The summed E-state index contributed by atoms with van der Waals surface area (Å²) in [7, 11) is 0. The fraction of sp³-hybridized carbons (Fsp3) is 0.0588. The topological polar surface area (TPSA) is 71.3 Å². The summed E-state index contributed by atoms with van der Waals surface area (Å²) in [4.78, 5) is 8.33. The van der Waals surface area contributed by atoms with Gasteiger partial charge in [0.1, 0.15) is 0 Å². The summed E-state index contributed by atoms with van der Waals surface area (Å²) >= 11 is 6.29. The zero-order chi connectivity index (χ0) is 16.5. The Bertz CT molecular complexity index is 1150. The molecule has 0 amide bonds. The standard InChI is InChI=1S/C17H11ClN6/c18-15-16-22-23(10-12-6-2-1-3-7-12)17(20-11-19)24(16)14-9-5-4-8-13(14)21-15/h1-9H,10H2. The van der Waals surface area contributed by atoms with E-state index in [1.165, 1.54) is 0 Å². The van der Waals surface area contributed by atoms with Crippen LogP contribution in [0.25, 0.3) is 16.7 Å². The molecule has 0 N–H and O–H groups in total. The zero-order valence-corrected chi connectivity index (χ0v) is 13.2. The van der Waals surface area contributed by atoms with Crippen molar-refractivity contribution in [2.45, 2.75) is 6.54 Å². The van der Waals surface area contributed by atoms with Gasteiger partial charge in [0, 0.05) is 0 Å². The zero-order valence-electron chi connectivity index (χ0n) is 12.5. The van der Waals surface area contributed by atoms with Gasteiger partial charge in [-0.05, 0) is 17.7 Å². The van der Waals surface area contributed by atoms with Crippen LogP contribution in [0.1, 0.15) is 5.56 Å². The second-order valence-corrected chi connectivity index (χ2v) is 5.56. The van der Waals surface area contributed by atoms with Crippen LogP contribution in [0.15, 0.2) is 59.6 Å². The highest BCUT2D eigenvalue weighted by Crippen LogP contribution is 2.18. The van der Waals surface area contributed by atoms with Gasteiger partial charge in [0.05, 0.1) is 17.6 Å². The van der Waals surface area contributed by atoms with Gasteiger partial charge in [0.15, 0.2) is 10.8 Å². The molecule has 2 aromatic carbocycles. The second kappa shape index (κ2) is 5.80. The van der Waals surface area contributed by atoms with Gasteiger partial charge in [-0.15, -0.1) is 10.1 Å². The van der Waals surface area contributed by atoms with Crippen molar-refractivity contribution in [2.24, 2.45) is 4.99 Å². The molecule has 24 heavy (non-hydrogen) atoms. The molecule has 4 rings (SSSR count). The van der Waals surface area contributed by atoms with Crippen LogP contribution in [0.2, 0.25) is 5.15 Å². The molecule has 2 heterocycles. The van der Waals surface area contributed by atoms with Crippen LogP contribution < -0.4 is 5.62 Å². The molecular weight excluding hydrogens is 324 g/mol. The van der Waals surface area contributed by atoms with Crippen LogP contribution in [0.5, 0.6) is 0 Å². The minimum absolute atomic E-state index is 0.273. The molecule has 116 valence electrons. The Labute approximate surface area is 141 Å². The van der Waals surface area contributed by atoms with Gasteiger partial charge >= 0.3 is 0 Å². The van der Waals surface area contributed by atoms with Crippen LogP contribution >= 0.6 is 11.6 Å². The van der Waals surface area contributed by atoms with Gasteiger partial charge in [0.2, 0.25) is 11.8 Å². The summed E-state index contributed by atoms with van der Waals surface area (Å²) in [6, 6.07) is 17.4. The van der Waals surface area contributed by atoms with Crippen LogP contribution in [0, 0.1) is 11.5 Å². The molecule has 0 fully saturated rings. The highest BCUT2D eigenvalue weighted by Gasteiger charge is 2.14. The molecule has 0 aliphatic heterocycles. The van der Waals surface area contributed by atoms with E-state index >= 15 is 0 Å². The SMILES string of the molecule is N#CN=c1n(Cc2ccccc2)nc2c(Cl)nc3ccccc3n12. The predicted molar refractivity (Wildman–Crippen MR) is 90.2 cm³/mol. The van der Waals surface area contributed by atoms with E-state index in [0.29, 0.717) is 23.3 Å². The van der Waals surface area contributed by atoms with Crippen molar-refractivity contribution in [3.05, 3.63) is 70.9 Å². The molecule has 0 spiro atoms. The van der Waals surface area contributed by atoms with Crippen molar-refractivity contribution < 1.29 is 0 Å². The average molecular weight is 335 g/mol. The number of hydrogen-bond acceptors (Lipinski definition) is 4. The Hall–Kier alpha value is -3.17. The summed E-state index contributed by atoms with van der Waals surface area (Å²) in [6.07, 6.45) is 1.85. The van der Waals surface area contributed by atoms with Crippen LogP contribution in [-0.2, 0) is 6.54 Å². The molecule has 7 heteroatoms. The van der Waals surface area contributed by atoms with Crippen LogP contribution in [0.4, 0.5) is 0 Å². The van der Waals surface area contributed by atoms with Crippen molar-refractivity contribution in [1.82, 2.24) is 19.2 Å². The largest absolute Gasteiger partial charge is 0.256 e. The van der Waals surface area contributed by atoms with Gasteiger partial charge < -0.3 is 0 Å². The maximum Gasteiger partial charge on any atom is 0.244 e. The Kier molecular flexibility index (Phi) is 3.48. The minimum atomic E-state index is 0.273. The van der Waals surface area contributed by atoms with Gasteiger partial charge in [-0.2, -0.15) is 5.26 Å². The summed E-state index contributed by atoms with van der Waals surface area (Å²) in [5.41, 5.74) is 3.45. The lowest BCUT2D eigenvalue weighted by Crippen LogP contribution is -2.23. The van der Waals surface area contributed by atoms with Crippen molar-refractivity contribution >= 4 is 28.3 Å². The number of benzene rings is 2. The number of aromatic nitrogens is 4. The molecule has 0 aliphatic rings. The number of hydrogen-bond donors (Lipinski definition) is 0. The summed E-state index contributed by atoms with van der Waals surface area (Å²) in [5, 5.41) is 13.9. The molecule has 0 unspecified atom stereocenters. The molecule has 4 aromatic rings. The van der Waals surface area contributed by atoms with Crippen molar-refractivity contribution in [2.75, 3.05) is 0 Å². The molecule has 0 saturated carbocycles. The Morgan fingerprint density at radius 3 is 2.62 bits per heavy atom. The number of para-hydroxylation sites is 2. The van der Waals surface area contributed by atoms with Gasteiger partial charge in [-0.3, -0.25) is 4.40 Å². The lowest BCUT2D eigenvalue weighted by Gasteiger charge is -2.02. The lowest BCUT2D eigenvalue weighted by molar-refractivity contribution is 0.647. The number of nitriles is 1. The van der Waals surface area contributed by atoms with E-state index in [9.17, 15) is 0 Å². The average Bonchev–Trinajstić information content (AvgIpc) is 2.96. The Morgan fingerprint density at radius 1 is 1.08 bits per heavy atom. The normalized spacial score (nSPS) is 11.9. The van der Waals surface area contributed by atoms with Crippen LogP contribution in [0.3, 0.4) is 0 Å². The van der Waals surface area contributed by atoms with E-state index in [2.05, 4.69) is 15.1 Å². The van der Waals surface area contributed by atoms with Crippen molar-refractivity contribution in [1.29, 1.82) is 5.26 Å². The first-order chi connectivity index (χ1) is 11.8. The number of halogens is 1. The molecule has 0 atom stereocenters. The Morgan fingerprint density at radius 2 is 1.83 bits per heavy atom. The summed E-state index contributed by atoms with van der Waals surface area (Å²) in [6.45, 7) is 0.480. The van der Waals surface area contributed by atoms with Gasteiger partial charge in [-0.25, -0.2) is 9.67 Å². The second-order valence-electron chi connectivity index (χ2n) is 5.21. The predicted octanol–water partition coefficient (Wildman–Crippen LogP) is 2.77. The fourth-order valence-corrected chi connectivity index (χ4v) is 2.90. The lowest BCUT2D eigenvalue weighted by atomic mass is 10.2. The maximum atomic E-state index is 9.11. The first-order valence-corrected chi connectivity index (χ1v) is 7.66. The molecule has 0 radical (unpaired) electrons. The molecule has 0 aliphatic carbocycles. The van der Waals surface area contributed by atoms with Crippen molar-refractivity contribution in [3.63, 3.8) is 0 Å². The van der Waals surface area contributed by atoms with E-state index in [0.717, 1.165) is 11.1 Å². The quantitative estimate of drug-likeness (QED) is 0.529. The third-order valence-corrected chi connectivity index (χ3v) is 3.96. The van der Waals surface area contributed by atoms with Crippen LogP contribution in [-0.4, -0.2) is 19.2 Å². The fourth-order valence-electron chi connectivity index (χ4n) is 2.69. The molecule has 2 aromatic heterocycles. The highest BCUT2D eigenvalue weighted by atomic mass is 35.5. The van der Waals surface area contributed by atoms with E-state index in [4.69, 9.17) is 16.9 Å². The summed E-state index contributed by atoms with van der Waals surface area (Å²) < 4.78 is 3.42. The minimum Gasteiger partial charge on any atom is -0.256 e. The molecule has 6 nitrogen and oxygen atoms in total. The summed E-state index contributed by atoms with van der Waals surface area (Å²) in [5.74, 6) is 0. The van der Waals surface area contributed by atoms with Crippen molar-refractivity contribution in [3.8, 4) is 6.19 Å². The first-order valence-electron chi connectivity index (χ1n) is 7.28. The Balaban J connectivity index is 2.07.